The first-order valence-electron chi connectivity index (χ1n) is 5.76. The molecule has 0 aromatic carbocycles. The number of nitrogens with zero attached hydrogens (tertiary/aromatic N) is 4. The van der Waals surface area contributed by atoms with Crippen molar-refractivity contribution in [3.05, 3.63) is 37.4 Å². The molecule has 0 bridgehead atoms. The van der Waals surface area contributed by atoms with Gasteiger partial charge in [-0.25, -0.2) is 9.97 Å². The van der Waals surface area contributed by atoms with E-state index >= 15 is 0 Å². The molecule has 2 aromatic rings. The van der Waals surface area contributed by atoms with Gasteiger partial charge in [-0.15, -0.1) is 0 Å². The Morgan fingerprint density at radius 1 is 0.842 bits per heavy atom. The molecular formula is C12H24N4O3. The molecule has 0 fully saturated rings. The summed E-state index contributed by atoms with van der Waals surface area (Å²) in [5.41, 5.74) is 0. The van der Waals surface area contributed by atoms with Gasteiger partial charge in [0.1, 0.15) is 0 Å². The summed E-state index contributed by atoms with van der Waals surface area (Å²) in [6.45, 7) is 0.390. The average molecular weight is 272 g/mol. The number of aryl methyl sites for hydroxylation is 2. The van der Waals surface area contributed by atoms with Crippen LogP contribution in [0.15, 0.2) is 37.4 Å². The number of imidazole rings is 2. The monoisotopic (exact) mass is 272 g/mol. The predicted octanol–water partition coefficient (Wildman–Crippen LogP) is -0.233. The van der Waals surface area contributed by atoms with Crippen molar-refractivity contribution in [1.29, 1.82) is 0 Å². The van der Waals surface area contributed by atoms with E-state index in [9.17, 15) is 0 Å². The highest BCUT2D eigenvalue weighted by Gasteiger charge is 1.77. The van der Waals surface area contributed by atoms with E-state index in [0.717, 1.165) is 12.8 Å². The van der Waals surface area contributed by atoms with E-state index in [1.54, 1.807) is 25.0 Å². The summed E-state index contributed by atoms with van der Waals surface area (Å²) in [7, 11) is 3.88. The van der Waals surface area contributed by atoms with Gasteiger partial charge in [-0.2, -0.15) is 0 Å². The van der Waals surface area contributed by atoms with Gasteiger partial charge in [-0.3, -0.25) is 0 Å². The molecule has 0 amide bonds. The number of aliphatic hydroxyl groups excluding tert-OH is 2. The average Bonchev–Trinajstić information content (AvgIpc) is 3.01. The maximum absolute atomic E-state index is 8.09. The molecule has 0 aliphatic heterocycles. The number of aromatic nitrogens is 4. The van der Waals surface area contributed by atoms with Crippen LogP contribution in [0.1, 0.15) is 12.8 Å². The van der Waals surface area contributed by atoms with E-state index in [0.29, 0.717) is 0 Å². The predicted molar refractivity (Wildman–Crippen MR) is 73.4 cm³/mol. The van der Waals surface area contributed by atoms with E-state index in [2.05, 4.69) is 9.97 Å². The normalized spacial score (nSPS) is 8.42. The molecular weight excluding hydrogens is 248 g/mol. The zero-order valence-electron chi connectivity index (χ0n) is 11.5. The van der Waals surface area contributed by atoms with Gasteiger partial charge in [0, 0.05) is 52.1 Å². The fourth-order valence-corrected chi connectivity index (χ4v) is 0.875. The van der Waals surface area contributed by atoms with Gasteiger partial charge in [0.2, 0.25) is 0 Å². The second kappa shape index (κ2) is 14.4. The summed E-state index contributed by atoms with van der Waals surface area (Å²) in [5, 5.41) is 16.2. The molecule has 0 saturated carbocycles. The first-order chi connectivity index (χ1) is 8.70. The molecule has 0 saturated heterocycles. The van der Waals surface area contributed by atoms with Gasteiger partial charge in [0.15, 0.2) is 0 Å². The van der Waals surface area contributed by atoms with Crippen LogP contribution in [0, 0.1) is 0 Å². The Labute approximate surface area is 113 Å². The maximum Gasteiger partial charge on any atom is 0.0943 e. The van der Waals surface area contributed by atoms with Crippen molar-refractivity contribution in [2.75, 3.05) is 13.2 Å². The molecule has 110 valence electrons. The molecule has 0 aliphatic carbocycles. The maximum atomic E-state index is 8.09. The van der Waals surface area contributed by atoms with Crippen molar-refractivity contribution >= 4 is 0 Å². The highest BCUT2D eigenvalue weighted by Crippen LogP contribution is 1.80. The third-order valence-corrected chi connectivity index (χ3v) is 1.84. The largest absolute Gasteiger partial charge is 0.412 e. The lowest BCUT2D eigenvalue weighted by Crippen LogP contribution is -1.85. The molecule has 4 N–H and O–H groups in total. The third kappa shape index (κ3) is 14.2. The Kier molecular flexibility index (Phi) is 14.8. The SMILES string of the molecule is Cn1ccnc1.Cn1ccnc1.O.OCCCCO. The van der Waals surface area contributed by atoms with E-state index in [-0.39, 0.29) is 18.7 Å². The lowest BCUT2D eigenvalue weighted by atomic mass is 10.3. The number of hydrogen-bond acceptors (Lipinski definition) is 4. The second-order valence-corrected chi connectivity index (χ2v) is 3.61. The first kappa shape index (κ1) is 19.6. The molecule has 0 radical (unpaired) electrons. The summed E-state index contributed by atoms with van der Waals surface area (Å²) in [4.78, 5) is 7.57. The Hall–Kier alpha value is -1.70. The van der Waals surface area contributed by atoms with Crippen LogP contribution in [0.2, 0.25) is 0 Å². The molecule has 0 atom stereocenters. The molecule has 2 rings (SSSR count). The number of hydrogen-bond donors (Lipinski definition) is 2. The summed E-state index contributed by atoms with van der Waals surface area (Å²) >= 11 is 0. The van der Waals surface area contributed by atoms with E-state index in [4.69, 9.17) is 10.2 Å². The van der Waals surface area contributed by atoms with Gasteiger partial charge < -0.3 is 24.8 Å². The smallest absolute Gasteiger partial charge is 0.0943 e. The minimum atomic E-state index is 0. The third-order valence-electron chi connectivity index (χ3n) is 1.84. The minimum Gasteiger partial charge on any atom is -0.412 e. The topological polar surface area (TPSA) is 108 Å². The molecule has 2 aromatic heterocycles. The lowest BCUT2D eigenvalue weighted by molar-refractivity contribution is 0.242. The van der Waals surface area contributed by atoms with Crippen LogP contribution in [0.25, 0.3) is 0 Å². The number of unbranched alkanes of at least 4 members (excludes halogenated alkanes) is 1. The van der Waals surface area contributed by atoms with E-state index in [1.807, 2.05) is 35.6 Å². The fraction of sp³-hybridized carbons (Fsp3) is 0.500. The Balaban J connectivity index is 0. The number of aliphatic hydroxyl groups is 2. The Bertz CT molecular complexity index is 313. The van der Waals surface area contributed by atoms with Crippen LogP contribution in [-0.2, 0) is 14.1 Å². The van der Waals surface area contributed by atoms with Crippen molar-refractivity contribution < 1.29 is 15.7 Å². The molecule has 2 heterocycles. The highest BCUT2D eigenvalue weighted by atomic mass is 16.3. The van der Waals surface area contributed by atoms with Gasteiger partial charge >= 0.3 is 0 Å². The molecule has 0 aliphatic rings. The fourth-order valence-electron chi connectivity index (χ4n) is 0.875. The van der Waals surface area contributed by atoms with Crippen LogP contribution in [-0.4, -0.2) is 48.0 Å². The zero-order chi connectivity index (χ0) is 13.6. The van der Waals surface area contributed by atoms with Crippen LogP contribution in [0.3, 0.4) is 0 Å². The van der Waals surface area contributed by atoms with Gasteiger partial charge in [-0.05, 0) is 12.8 Å². The van der Waals surface area contributed by atoms with Crippen LogP contribution in [0.5, 0.6) is 0 Å². The van der Waals surface area contributed by atoms with Gasteiger partial charge in [0.25, 0.3) is 0 Å². The first-order valence-corrected chi connectivity index (χ1v) is 5.76. The van der Waals surface area contributed by atoms with E-state index < -0.39 is 0 Å². The van der Waals surface area contributed by atoms with Crippen LogP contribution >= 0.6 is 0 Å². The van der Waals surface area contributed by atoms with E-state index in [1.165, 1.54) is 0 Å². The molecule has 0 unspecified atom stereocenters. The van der Waals surface area contributed by atoms with Crippen molar-refractivity contribution in [2.45, 2.75) is 12.8 Å². The molecule has 19 heavy (non-hydrogen) atoms. The summed E-state index contributed by atoms with van der Waals surface area (Å²) in [6.07, 6.45) is 12.2. The molecule has 7 heteroatoms. The van der Waals surface area contributed by atoms with Crippen LogP contribution in [0.4, 0.5) is 0 Å². The number of rotatable bonds is 3. The summed E-state index contributed by atoms with van der Waals surface area (Å²) in [6, 6.07) is 0. The highest BCUT2D eigenvalue weighted by molar-refractivity contribution is 4.70. The minimum absolute atomic E-state index is 0. The molecule has 0 spiro atoms. The quantitative estimate of drug-likeness (QED) is 0.752. The van der Waals surface area contributed by atoms with Crippen molar-refractivity contribution in [2.24, 2.45) is 14.1 Å². The van der Waals surface area contributed by atoms with Crippen molar-refractivity contribution in [1.82, 2.24) is 19.1 Å². The second-order valence-electron chi connectivity index (χ2n) is 3.61. The summed E-state index contributed by atoms with van der Waals surface area (Å²) < 4.78 is 3.78. The Morgan fingerprint density at radius 2 is 1.21 bits per heavy atom. The lowest BCUT2D eigenvalue weighted by Gasteiger charge is -1.85. The van der Waals surface area contributed by atoms with Crippen LogP contribution < -0.4 is 0 Å². The standard InChI is InChI=1S/2C4H6N2.C4H10O2.H2O/c2*1-6-3-2-5-4-6;5-3-1-2-4-6;/h2*2-4H,1H3;5-6H,1-4H2;1H2. The van der Waals surface area contributed by atoms with Gasteiger partial charge in [-0.1, -0.05) is 0 Å². The van der Waals surface area contributed by atoms with Gasteiger partial charge in [0.05, 0.1) is 12.7 Å². The summed E-state index contributed by atoms with van der Waals surface area (Å²) in [5.74, 6) is 0. The van der Waals surface area contributed by atoms with Crippen molar-refractivity contribution in [3.63, 3.8) is 0 Å². The zero-order valence-corrected chi connectivity index (χ0v) is 11.5. The molecule has 7 nitrogen and oxygen atoms in total. The van der Waals surface area contributed by atoms with Crippen molar-refractivity contribution in [3.8, 4) is 0 Å². The Morgan fingerprint density at radius 3 is 1.32 bits per heavy atom.